The van der Waals surface area contributed by atoms with E-state index in [0.29, 0.717) is 48.4 Å². The Hall–Kier alpha value is -5.55. The minimum Gasteiger partial charge on any atom is -0.493 e. The number of hydrogen-bond donors (Lipinski definition) is 2. The van der Waals surface area contributed by atoms with Crippen molar-refractivity contribution >= 4 is 46.4 Å². The highest BCUT2D eigenvalue weighted by Gasteiger charge is 2.40. The van der Waals surface area contributed by atoms with Gasteiger partial charge in [-0.05, 0) is 93.6 Å². The number of piperidine rings is 2. The van der Waals surface area contributed by atoms with Crippen LogP contribution in [-0.2, 0) is 22.7 Å². The number of fused-ring (bicyclic) bond motifs is 4. The van der Waals surface area contributed by atoms with Gasteiger partial charge in [-0.15, -0.1) is 21.5 Å². The maximum absolute atomic E-state index is 13.2. The van der Waals surface area contributed by atoms with Gasteiger partial charge >= 0.3 is 0 Å². The first-order chi connectivity index (χ1) is 27.7. The van der Waals surface area contributed by atoms with Gasteiger partial charge < -0.3 is 15.0 Å². The molecule has 2 aromatic carbocycles. The Bertz CT molecular complexity index is 2450. The maximum Gasteiger partial charge on any atom is 0.255 e. The second kappa shape index (κ2) is 15.4. The van der Waals surface area contributed by atoms with Crippen molar-refractivity contribution in [1.82, 2.24) is 35.2 Å². The summed E-state index contributed by atoms with van der Waals surface area (Å²) in [6, 6.07) is 12.6. The van der Waals surface area contributed by atoms with Crippen LogP contribution in [0.2, 0.25) is 5.02 Å². The van der Waals surface area contributed by atoms with E-state index in [0.717, 1.165) is 82.0 Å². The number of aryl methyl sites for hydroxylation is 1. The van der Waals surface area contributed by atoms with E-state index >= 15 is 0 Å². The highest BCUT2D eigenvalue weighted by Crippen LogP contribution is 2.37. The summed E-state index contributed by atoms with van der Waals surface area (Å²) < 4.78 is 8.44. The zero-order valence-electron chi connectivity index (χ0n) is 31.7. The van der Waals surface area contributed by atoms with Crippen molar-refractivity contribution in [3.63, 3.8) is 0 Å². The van der Waals surface area contributed by atoms with E-state index in [-0.39, 0.29) is 24.3 Å². The van der Waals surface area contributed by atoms with E-state index in [1.807, 2.05) is 43.3 Å². The zero-order chi connectivity index (χ0) is 39.2. The third kappa shape index (κ3) is 7.29. The minimum absolute atomic E-state index is 0.111. The summed E-state index contributed by atoms with van der Waals surface area (Å²) in [4.78, 5) is 47.4. The molecule has 5 aliphatic heterocycles. The number of nitrogens with zero attached hydrogens (tertiary/aromatic N) is 6. The number of carbonyl (C=O) groups excluding carboxylic acids is 3. The van der Waals surface area contributed by atoms with Gasteiger partial charge in [0.25, 0.3) is 5.91 Å². The quantitative estimate of drug-likeness (QED) is 0.191. The Labute approximate surface area is 339 Å². The molecule has 0 bridgehead atoms. The second-order valence-electron chi connectivity index (χ2n) is 15.1. The lowest BCUT2D eigenvalue weighted by atomic mass is 9.97. The standard InChI is InChI=1S/C43H41ClN8O4S/c1-25-36(57-43-39(25)40(29-7-9-30(44)10-8-29)46-21-37-49-48-26(2)52(37)43)14-12-31-11-6-28(20-45-31)22-50-18-16-27(17-19-50)24-56-35-5-3-4-32-33(35)23-51(42(32)55)34-13-15-38(53)47-41(34)54/h3-11,20,27,31,34,45H,13,15-19,21-24H2,1-2H3,(H,47,53,54). The first-order valence-electron chi connectivity index (χ1n) is 19.3. The van der Waals surface area contributed by atoms with Gasteiger partial charge in [0, 0.05) is 46.4 Å². The first-order valence-corrected chi connectivity index (χ1v) is 20.5. The number of benzene rings is 2. The van der Waals surface area contributed by atoms with E-state index in [9.17, 15) is 14.4 Å². The minimum atomic E-state index is -0.643. The molecule has 0 saturated carbocycles. The van der Waals surface area contributed by atoms with Crippen molar-refractivity contribution < 1.29 is 19.1 Å². The topological polar surface area (TPSA) is 134 Å². The van der Waals surface area contributed by atoms with Gasteiger partial charge in [0.15, 0.2) is 5.82 Å². The normalized spacial score (nSPS) is 20.7. The molecule has 2 aromatic heterocycles. The third-order valence-corrected chi connectivity index (χ3v) is 12.8. The summed E-state index contributed by atoms with van der Waals surface area (Å²) in [5, 5.41) is 16.3. The van der Waals surface area contributed by atoms with E-state index in [1.54, 1.807) is 22.3 Å². The fourth-order valence-corrected chi connectivity index (χ4v) is 9.59. The molecule has 290 valence electrons. The number of aromatic nitrogens is 3. The molecule has 3 amide bonds. The van der Waals surface area contributed by atoms with Crippen LogP contribution in [0.4, 0.5) is 0 Å². The lowest BCUT2D eigenvalue weighted by Gasteiger charge is -2.32. The lowest BCUT2D eigenvalue weighted by molar-refractivity contribution is -0.136. The van der Waals surface area contributed by atoms with Crippen LogP contribution in [0.3, 0.4) is 0 Å². The van der Waals surface area contributed by atoms with Crippen molar-refractivity contribution in [3.05, 3.63) is 116 Å². The molecule has 0 aliphatic carbocycles. The second-order valence-corrected chi connectivity index (χ2v) is 16.5. The summed E-state index contributed by atoms with van der Waals surface area (Å²) in [5.41, 5.74) is 6.64. The van der Waals surface area contributed by atoms with Gasteiger partial charge in [-0.1, -0.05) is 47.7 Å². The van der Waals surface area contributed by atoms with Crippen LogP contribution in [0.5, 0.6) is 5.75 Å². The Morgan fingerprint density at radius 2 is 1.86 bits per heavy atom. The summed E-state index contributed by atoms with van der Waals surface area (Å²) in [7, 11) is 0. The molecule has 12 nitrogen and oxygen atoms in total. The number of amides is 3. The molecule has 2 atom stereocenters. The van der Waals surface area contributed by atoms with Crippen LogP contribution in [0, 0.1) is 31.6 Å². The molecule has 4 aromatic rings. The van der Waals surface area contributed by atoms with Gasteiger partial charge in [0.05, 0.1) is 23.7 Å². The summed E-state index contributed by atoms with van der Waals surface area (Å²) in [5.74, 6) is 8.74. The van der Waals surface area contributed by atoms with E-state index in [1.165, 1.54) is 5.57 Å². The molecule has 2 N–H and O–H groups in total. The smallest absolute Gasteiger partial charge is 0.255 e. The monoisotopic (exact) mass is 800 g/mol. The summed E-state index contributed by atoms with van der Waals surface area (Å²) in [6.07, 6.45) is 8.98. The average molecular weight is 801 g/mol. The lowest BCUT2D eigenvalue weighted by Crippen LogP contribution is -2.52. The molecule has 2 fully saturated rings. The van der Waals surface area contributed by atoms with Crippen molar-refractivity contribution in [2.24, 2.45) is 10.9 Å². The van der Waals surface area contributed by atoms with Crippen LogP contribution in [0.1, 0.15) is 74.8 Å². The maximum atomic E-state index is 13.2. The van der Waals surface area contributed by atoms with E-state index in [4.69, 9.17) is 21.3 Å². The highest BCUT2D eigenvalue weighted by molar-refractivity contribution is 7.15. The number of aliphatic imine (C=N–C) groups is 1. The number of nitrogens with one attached hydrogen (secondary N) is 2. The van der Waals surface area contributed by atoms with Crippen molar-refractivity contribution in [3.8, 4) is 22.6 Å². The van der Waals surface area contributed by atoms with Crippen LogP contribution < -0.4 is 15.4 Å². The molecule has 0 spiro atoms. The number of rotatable bonds is 7. The molecule has 5 aliphatic rings. The van der Waals surface area contributed by atoms with Crippen LogP contribution in [0.15, 0.2) is 71.4 Å². The fourth-order valence-electron chi connectivity index (χ4n) is 8.22. The molecule has 7 heterocycles. The van der Waals surface area contributed by atoms with Crippen LogP contribution >= 0.6 is 22.9 Å². The molecular weight excluding hydrogens is 760 g/mol. The van der Waals surface area contributed by atoms with E-state index < -0.39 is 11.9 Å². The van der Waals surface area contributed by atoms with Gasteiger partial charge in [-0.3, -0.25) is 34.2 Å². The largest absolute Gasteiger partial charge is 0.493 e. The summed E-state index contributed by atoms with van der Waals surface area (Å²) >= 11 is 7.87. The molecule has 14 heteroatoms. The Morgan fingerprint density at radius 3 is 2.63 bits per heavy atom. The predicted molar refractivity (Wildman–Crippen MR) is 218 cm³/mol. The van der Waals surface area contributed by atoms with Crippen LogP contribution in [-0.4, -0.2) is 86.3 Å². The SMILES string of the molecule is Cc1c(C#CC2C=CC(CN3CCC(COc4cccc5c4CN(C4CCC(=O)NC4=O)C5=O)CC3)=CN2)sc2c1C(c1ccc(Cl)cc1)=NCc1nnc(C)n1-2. The van der Waals surface area contributed by atoms with Gasteiger partial charge in [0.2, 0.25) is 11.8 Å². The Kier molecular flexibility index (Phi) is 10.0. The Balaban J connectivity index is 0.792. The van der Waals surface area contributed by atoms with E-state index in [2.05, 4.69) is 67.4 Å². The van der Waals surface area contributed by atoms with Gasteiger partial charge in [-0.25, -0.2) is 0 Å². The number of ether oxygens (including phenoxy) is 1. The van der Waals surface area contributed by atoms with Gasteiger partial charge in [0.1, 0.15) is 35.2 Å². The zero-order valence-corrected chi connectivity index (χ0v) is 33.3. The number of likely N-dealkylation sites (tertiary alicyclic amines) is 1. The molecule has 2 saturated heterocycles. The molecular formula is C43H41ClN8O4S. The highest BCUT2D eigenvalue weighted by atomic mass is 35.5. The number of hydrogen-bond acceptors (Lipinski definition) is 10. The van der Waals surface area contributed by atoms with Crippen molar-refractivity contribution in [1.29, 1.82) is 0 Å². The first kappa shape index (κ1) is 37.1. The molecule has 0 radical (unpaired) electrons. The number of imide groups is 1. The Morgan fingerprint density at radius 1 is 1.04 bits per heavy atom. The summed E-state index contributed by atoms with van der Waals surface area (Å²) in [6.45, 7) is 8.18. The fraction of sp³-hybridized carbons (Fsp3) is 0.349. The number of thiophene rings is 1. The predicted octanol–water partition coefficient (Wildman–Crippen LogP) is 5.27. The average Bonchev–Trinajstić information content (AvgIpc) is 3.82. The van der Waals surface area contributed by atoms with Crippen molar-refractivity contribution in [2.75, 3.05) is 26.2 Å². The van der Waals surface area contributed by atoms with Crippen molar-refractivity contribution in [2.45, 2.75) is 64.7 Å². The third-order valence-electron chi connectivity index (χ3n) is 11.4. The van der Waals surface area contributed by atoms with Gasteiger partial charge in [-0.2, -0.15) is 0 Å². The molecule has 57 heavy (non-hydrogen) atoms. The number of dihydropyridines is 1. The molecule has 2 unspecified atom stereocenters. The molecule has 9 rings (SSSR count). The van der Waals surface area contributed by atoms with Crippen LogP contribution in [0.25, 0.3) is 5.00 Å². The number of carbonyl (C=O) groups is 3. The number of halogens is 1.